The van der Waals surface area contributed by atoms with Crippen molar-refractivity contribution < 1.29 is 37.0 Å². The maximum absolute atomic E-state index is 12.3. The minimum absolute atomic E-state index is 0.00558. The van der Waals surface area contributed by atoms with Crippen LogP contribution in [-0.4, -0.2) is 31.3 Å². The lowest BCUT2D eigenvalue weighted by Gasteiger charge is -2.09. The van der Waals surface area contributed by atoms with Gasteiger partial charge in [0.2, 0.25) is 0 Å². The highest BCUT2D eigenvalue weighted by atomic mass is 19.4. The van der Waals surface area contributed by atoms with E-state index in [1.54, 1.807) is 42.5 Å². The summed E-state index contributed by atoms with van der Waals surface area (Å²) in [5, 5.41) is 0. The van der Waals surface area contributed by atoms with E-state index in [9.17, 15) is 22.8 Å². The van der Waals surface area contributed by atoms with Crippen LogP contribution < -0.4 is 9.47 Å². The van der Waals surface area contributed by atoms with E-state index in [0.29, 0.717) is 23.7 Å². The van der Waals surface area contributed by atoms with Crippen LogP contribution in [0.2, 0.25) is 0 Å². The first-order chi connectivity index (χ1) is 16.3. The van der Waals surface area contributed by atoms with Gasteiger partial charge < -0.3 is 14.2 Å². The van der Waals surface area contributed by atoms with E-state index in [-0.39, 0.29) is 19.4 Å². The molecule has 0 saturated heterocycles. The Morgan fingerprint density at radius 1 is 0.853 bits per heavy atom. The van der Waals surface area contributed by atoms with Crippen LogP contribution in [0.3, 0.4) is 0 Å². The van der Waals surface area contributed by atoms with Crippen LogP contribution in [0.25, 0.3) is 6.08 Å². The van der Waals surface area contributed by atoms with Gasteiger partial charge in [-0.2, -0.15) is 13.2 Å². The molecule has 0 heterocycles. The molecule has 2 rings (SSSR count). The number of benzene rings is 2. The number of ether oxygens (including phenoxy) is 3. The van der Waals surface area contributed by atoms with Crippen molar-refractivity contribution in [3.63, 3.8) is 0 Å². The third kappa shape index (κ3) is 11.0. The zero-order valence-electron chi connectivity index (χ0n) is 19.1. The summed E-state index contributed by atoms with van der Waals surface area (Å²) in [6.45, 7) is 2.64. The van der Waals surface area contributed by atoms with Crippen LogP contribution in [0.15, 0.2) is 54.6 Å². The number of rotatable bonds is 13. The second-order valence-electron chi connectivity index (χ2n) is 7.61. The van der Waals surface area contributed by atoms with Crippen molar-refractivity contribution in [3.8, 4) is 11.5 Å². The number of unbranched alkanes of at least 4 members (excludes halogenated alkanes) is 3. The highest BCUT2D eigenvalue weighted by Crippen LogP contribution is 2.22. The Morgan fingerprint density at radius 2 is 1.50 bits per heavy atom. The molecular formula is C26H29F3O5. The summed E-state index contributed by atoms with van der Waals surface area (Å²) in [6, 6.07) is 12.8. The first-order valence-electron chi connectivity index (χ1n) is 11.2. The fourth-order valence-corrected chi connectivity index (χ4v) is 2.85. The quantitative estimate of drug-likeness (QED) is 0.138. The van der Waals surface area contributed by atoms with Gasteiger partial charge >= 0.3 is 18.1 Å². The standard InChI is InChI=1S/C26H29F3O5/c1-2-3-5-19-33-24(30)16-9-20-7-12-23(13-8-20)34-25(31)21-10-14-22(15-11-21)32-18-6-4-17-26(27,28)29/h7-16H,2-6,17-19H2,1H3. The van der Waals surface area contributed by atoms with Crippen molar-refractivity contribution in [2.45, 2.75) is 51.6 Å². The van der Waals surface area contributed by atoms with Gasteiger partial charge in [0.25, 0.3) is 0 Å². The number of carbonyl (C=O) groups is 2. The molecule has 0 unspecified atom stereocenters. The number of hydrogen-bond acceptors (Lipinski definition) is 5. The van der Waals surface area contributed by atoms with Crippen molar-refractivity contribution in [2.24, 2.45) is 0 Å². The maximum Gasteiger partial charge on any atom is 0.389 e. The number of carbonyl (C=O) groups excluding carboxylic acids is 2. The van der Waals surface area contributed by atoms with Crippen LogP contribution in [-0.2, 0) is 9.53 Å². The number of esters is 2. The topological polar surface area (TPSA) is 61.8 Å². The second kappa shape index (κ2) is 14.1. The smallest absolute Gasteiger partial charge is 0.389 e. The molecule has 34 heavy (non-hydrogen) atoms. The average molecular weight is 479 g/mol. The van der Waals surface area contributed by atoms with Gasteiger partial charge in [0.1, 0.15) is 11.5 Å². The third-order valence-corrected chi connectivity index (χ3v) is 4.71. The van der Waals surface area contributed by atoms with Crippen molar-refractivity contribution in [1.29, 1.82) is 0 Å². The predicted molar refractivity (Wildman–Crippen MR) is 123 cm³/mol. The fourth-order valence-electron chi connectivity index (χ4n) is 2.85. The van der Waals surface area contributed by atoms with E-state index in [4.69, 9.17) is 14.2 Å². The molecule has 0 amide bonds. The van der Waals surface area contributed by atoms with Crippen molar-refractivity contribution in [2.75, 3.05) is 13.2 Å². The molecule has 0 aliphatic heterocycles. The molecule has 184 valence electrons. The molecular weight excluding hydrogens is 449 g/mol. The van der Waals surface area contributed by atoms with Crippen molar-refractivity contribution in [3.05, 3.63) is 65.7 Å². The SMILES string of the molecule is CCCCCOC(=O)C=Cc1ccc(OC(=O)c2ccc(OCCCCC(F)(F)F)cc2)cc1. The monoisotopic (exact) mass is 478 g/mol. The van der Waals surface area contributed by atoms with Gasteiger partial charge in [-0.05, 0) is 67.3 Å². The number of hydrogen-bond donors (Lipinski definition) is 0. The molecule has 2 aromatic rings. The minimum atomic E-state index is -4.15. The Bertz CT molecular complexity index is 919. The van der Waals surface area contributed by atoms with E-state index >= 15 is 0 Å². The van der Waals surface area contributed by atoms with Gasteiger partial charge in [0.05, 0.1) is 18.8 Å². The third-order valence-electron chi connectivity index (χ3n) is 4.71. The van der Waals surface area contributed by atoms with E-state index in [1.165, 1.54) is 18.2 Å². The Labute approximate surface area is 197 Å². The zero-order chi connectivity index (χ0) is 24.8. The predicted octanol–water partition coefficient (Wildman–Crippen LogP) is 6.76. The second-order valence-corrected chi connectivity index (χ2v) is 7.61. The maximum atomic E-state index is 12.3. The highest BCUT2D eigenvalue weighted by Gasteiger charge is 2.25. The summed E-state index contributed by atoms with van der Waals surface area (Å²) in [7, 11) is 0. The van der Waals surface area contributed by atoms with Gasteiger partial charge in [-0.25, -0.2) is 9.59 Å². The van der Waals surface area contributed by atoms with Crippen LogP contribution in [0.1, 0.15) is 61.4 Å². The summed E-state index contributed by atoms with van der Waals surface area (Å²) in [5.41, 5.74) is 1.06. The number of halogens is 3. The highest BCUT2D eigenvalue weighted by molar-refractivity contribution is 5.91. The summed E-state index contributed by atoms with van der Waals surface area (Å²) >= 11 is 0. The molecule has 5 nitrogen and oxygen atoms in total. The molecule has 8 heteroatoms. The van der Waals surface area contributed by atoms with Crippen LogP contribution >= 0.6 is 0 Å². The van der Waals surface area contributed by atoms with Crippen LogP contribution in [0.5, 0.6) is 11.5 Å². The van der Waals surface area contributed by atoms with Gasteiger partial charge in [-0.3, -0.25) is 0 Å². The van der Waals surface area contributed by atoms with Gasteiger partial charge in [-0.15, -0.1) is 0 Å². The molecule has 0 bridgehead atoms. The molecule has 0 atom stereocenters. The molecule has 0 fully saturated rings. The van der Waals surface area contributed by atoms with Gasteiger partial charge in [-0.1, -0.05) is 31.9 Å². The minimum Gasteiger partial charge on any atom is -0.494 e. The summed E-state index contributed by atoms with van der Waals surface area (Å²) in [6.07, 6.45) is 1.20. The lowest BCUT2D eigenvalue weighted by molar-refractivity contribution is -0.138. The summed E-state index contributed by atoms with van der Waals surface area (Å²) < 4.78 is 52.2. The zero-order valence-corrected chi connectivity index (χ0v) is 19.1. The Hall–Kier alpha value is -3.29. The molecule has 0 aromatic heterocycles. The first kappa shape index (κ1) is 27.0. The average Bonchev–Trinajstić information content (AvgIpc) is 2.81. The molecule has 0 aliphatic rings. The van der Waals surface area contributed by atoms with Crippen LogP contribution in [0, 0.1) is 0 Å². The fraction of sp³-hybridized carbons (Fsp3) is 0.385. The van der Waals surface area contributed by atoms with E-state index in [1.807, 2.05) is 0 Å². The Kier molecular flexibility index (Phi) is 11.2. The van der Waals surface area contributed by atoms with Crippen LogP contribution in [0.4, 0.5) is 13.2 Å². The molecule has 0 saturated carbocycles. The summed E-state index contributed by atoms with van der Waals surface area (Å²) in [5.74, 6) is -0.158. The lowest BCUT2D eigenvalue weighted by Crippen LogP contribution is -2.09. The van der Waals surface area contributed by atoms with E-state index in [2.05, 4.69) is 6.92 Å². The van der Waals surface area contributed by atoms with Gasteiger partial charge in [0, 0.05) is 12.5 Å². The molecule has 0 radical (unpaired) electrons. The van der Waals surface area contributed by atoms with E-state index < -0.39 is 24.5 Å². The molecule has 2 aromatic carbocycles. The normalized spacial score (nSPS) is 11.4. The number of alkyl halides is 3. The lowest BCUT2D eigenvalue weighted by atomic mass is 10.2. The largest absolute Gasteiger partial charge is 0.494 e. The van der Waals surface area contributed by atoms with Gasteiger partial charge in [0.15, 0.2) is 0 Å². The molecule has 0 spiro atoms. The van der Waals surface area contributed by atoms with Crippen molar-refractivity contribution in [1.82, 2.24) is 0 Å². The van der Waals surface area contributed by atoms with Crippen molar-refractivity contribution >= 4 is 18.0 Å². The Morgan fingerprint density at radius 3 is 2.15 bits per heavy atom. The molecule has 0 N–H and O–H groups in total. The summed E-state index contributed by atoms with van der Waals surface area (Å²) in [4.78, 5) is 24.0. The molecule has 0 aliphatic carbocycles. The van der Waals surface area contributed by atoms with E-state index in [0.717, 1.165) is 24.8 Å². The Balaban J connectivity index is 1.76. The first-order valence-corrected chi connectivity index (χ1v) is 11.2.